The minimum absolute atomic E-state index is 0.241. The number of carboxylic acid groups (broad SMARTS) is 1. The third-order valence-electron chi connectivity index (χ3n) is 3.08. The first-order valence-corrected chi connectivity index (χ1v) is 9.30. The van der Waals surface area contributed by atoms with Crippen LogP contribution in [-0.4, -0.2) is 42.2 Å². The quantitative estimate of drug-likeness (QED) is 0.252. The Kier molecular flexibility index (Phi) is 7.45. The van der Waals surface area contributed by atoms with Crippen molar-refractivity contribution in [3.8, 4) is 11.5 Å². The molecule has 1 heterocycles. The molecule has 0 aromatic heterocycles. The maximum Gasteiger partial charge on any atom is 0.239 e. The zero-order valence-corrected chi connectivity index (χ0v) is 16.7. The van der Waals surface area contributed by atoms with E-state index in [0.29, 0.717) is 18.1 Å². The molecule has 0 unspecified atom stereocenters. The van der Waals surface area contributed by atoms with Gasteiger partial charge in [0.15, 0.2) is 16.7 Å². The fourth-order valence-corrected chi connectivity index (χ4v) is 3.67. The van der Waals surface area contributed by atoms with Gasteiger partial charge in [0.05, 0.1) is 22.1 Å². The largest absolute Gasteiger partial charge is 0.550 e. The van der Waals surface area contributed by atoms with Crippen molar-refractivity contribution < 1.29 is 24.2 Å². The molecule has 10 heteroatoms. The lowest BCUT2D eigenvalue weighted by molar-refractivity contribution is -0.305. The fourth-order valence-electron chi connectivity index (χ4n) is 1.98. The number of carbonyl (C=O) groups is 2. The molecule has 1 aliphatic rings. The normalized spacial score (nSPS) is 18.2. The van der Waals surface area contributed by atoms with Crippen LogP contribution in [0.2, 0.25) is 0 Å². The summed E-state index contributed by atoms with van der Waals surface area (Å²) >= 11 is 3.13. The number of ether oxygens (including phenoxy) is 2. The highest BCUT2D eigenvalue weighted by Crippen LogP contribution is 2.33. The number of methoxy groups -OCH3 is 1. The molecule has 1 fully saturated rings. The number of carbonyl (C=O) groups excluding carboxylic acids is 2. The molecule has 138 valence electrons. The SMILES string of the molecule is C=CCOc1c(I)cc(/C=N\N=C2/NC(=O)[C@H](CC(=O)[O-])S2)cc1OC. The lowest BCUT2D eigenvalue weighted by Crippen LogP contribution is -2.31. The molecule has 0 radical (unpaired) electrons. The van der Waals surface area contributed by atoms with Gasteiger partial charge >= 0.3 is 0 Å². The summed E-state index contributed by atoms with van der Waals surface area (Å²) in [6, 6.07) is 3.58. The number of benzene rings is 1. The first-order valence-electron chi connectivity index (χ1n) is 7.34. The van der Waals surface area contributed by atoms with Gasteiger partial charge in [0.1, 0.15) is 6.61 Å². The van der Waals surface area contributed by atoms with Gasteiger partial charge in [0.2, 0.25) is 5.91 Å². The van der Waals surface area contributed by atoms with Gasteiger partial charge in [0.25, 0.3) is 0 Å². The minimum Gasteiger partial charge on any atom is -0.550 e. The molecule has 2 rings (SSSR count). The second kappa shape index (κ2) is 9.57. The standard InChI is InChI=1S/C16H16IN3O5S/c1-3-4-25-14-10(17)5-9(6-11(14)24-2)8-18-20-16-19-15(23)12(26-16)7-13(21)22/h3,5-6,8,12H,1,4,7H2,2H3,(H,21,22)(H,19,20,23)/p-1/b18-8-/t12-/m0/s1. The van der Waals surface area contributed by atoms with Gasteiger partial charge in [-0.2, -0.15) is 5.10 Å². The van der Waals surface area contributed by atoms with Crippen molar-refractivity contribution in [2.45, 2.75) is 11.7 Å². The van der Waals surface area contributed by atoms with E-state index in [4.69, 9.17) is 9.47 Å². The van der Waals surface area contributed by atoms with E-state index in [1.54, 1.807) is 12.1 Å². The van der Waals surface area contributed by atoms with Crippen molar-refractivity contribution >= 4 is 57.6 Å². The van der Waals surface area contributed by atoms with E-state index in [9.17, 15) is 14.7 Å². The molecule has 0 bridgehead atoms. The number of aliphatic carboxylic acids is 1. The number of nitrogens with zero attached hydrogens (tertiary/aromatic N) is 2. The van der Waals surface area contributed by atoms with Crippen LogP contribution in [0.5, 0.6) is 11.5 Å². The van der Waals surface area contributed by atoms with E-state index in [0.717, 1.165) is 20.9 Å². The number of halogens is 1. The Labute approximate surface area is 167 Å². The molecule has 1 saturated heterocycles. The highest BCUT2D eigenvalue weighted by Gasteiger charge is 2.30. The Morgan fingerprint density at radius 2 is 2.31 bits per heavy atom. The predicted molar refractivity (Wildman–Crippen MR) is 106 cm³/mol. The summed E-state index contributed by atoms with van der Waals surface area (Å²) in [6.45, 7) is 3.97. The molecule has 8 nitrogen and oxygen atoms in total. The van der Waals surface area contributed by atoms with Crippen molar-refractivity contribution in [3.05, 3.63) is 33.9 Å². The molecule has 1 amide bonds. The number of hydrogen-bond acceptors (Lipinski definition) is 8. The number of carboxylic acids is 1. The van der Waals surface area contributed by atoms with Crippen LogP contribution in [0.1, 0.15) is 12.0 Å². The van der Waals surface area contributed by atoms with Crippen molar-refractivity contribution in [3.63, 3.8) is 0 Å². The zero-order valence-electron chi connectivity index (χ0n) is 13.7. The zero-order chi connectivity index (χ0) is 19.1. The van der Waals surface area contributed by atoms with Crippen LogP contribution in [0.4, 0.5) is 0 Å². The highest BCUT2D eigenvalue weighted by atomic mass is 127. The fraction of sp³-hybridized carbons (Fsp3) is 0.250. The monoisotopic (exact) mass is 488 g/mol. The van der Waals surface area contributed by atoms with E-state index in [1.807, 2.05) is 6.07 Å². The Morgan fingerprint density at radius 3 is 2.96 bits per heavy atom. The van der Waals surface area contributed by atoms with Crippen LogP contribution >= 0.6 is 34.4 Å². The number of thioether (sulfide) groups is 1. The van der Waals surface area contributed by atoms with E-state index in [2.05, 4.69) is 44.7 Å². The topological polar surface area (TPSA) is 112 Å². The molecule has 1 N–H and O–H groups in total. The van der Waals surface area contributed by atoms with E-state index in [-0.39, 0.29) is 11.6 Å². The van der Waals surface area contributed by atoms with Crippen LogP contribution < -0.4 is 19.9 Å². The molecule has 0 spiro atoms. The predicted octanol–water partition coefficient (Wildman–Crippen LogP) is 0.926. The van der Waals surface area contributed by atoms with Crippen molar-refractivity contribution in [2.24, 2.45) is 10.2 Å². The summed E-state index contributed by atoms with van der Waals surface area (Å²) in [6.07, 6.45) is 2.76. The Morgan fingerprint density at radius 1 is 1.54 bits per heavy atom. The van der Waals surface area contributed by atoms with Gasteiger partial charge in [-0.05, 0) is 40.3 Å². The molecule has 1 aromatic carbocycles. The maximum absolute atomic E-state index is 11.6. The summed E-state index contributed by atoms with van der Waals surface area (Å²) < 4.78 is 11.7. The summed E-state index contributed by atoms with van der Waals surface area (Å²) in [5.41, 5.74) is 0.724. The van der Waals surface area contributed by atoms with Gasteiger partial charge < -0.3 is 24.7 Å². The van der Waals surface area contributed by atoms with E-state index < -0.39 is 17.1 Å². The highest BCUT2D eigenvalue weighted by molar-refractivity contribution is 14.1. The van der Waals surface area contributed by atoms with E-state index in [1.165, 1.54) is 13.3 Å². The average molecular weight is 488 g/mol. The molecule has 1 atom stereocenters. The van der Waals surface area contributed by atoms with Crippen LogP contribution in [0, 0.1) is 3.57 Å². The number of hydrogen-bond donors (Lipinski definition) is 1. The number of rotatable bonds is 8. The molecule has 0 saturated carbocycles. The number of nitrogens with one attached hydrogen (secondary N) is 1. The van der Waals surface area contributed by atoms with Crippen LogP contribution in [0.3, 0.4) is 0 Å². The lowest BCUT2D eigenvalue weighted by Gasteiger charge is -2.12. The molecular weight excluding hydrogens is 473 g/mol. The molecule has 0 aliphatic carbocycles. The second-order valence-electron chi connectivity index (χ2n) is 4.96. The summed E-state index contributed by atoms with van der Waals surface area (Å²) in [4.78, 5) is 22.2. The Balaban J connectivity index is 2.11. The van der Waals surface area contributed by atoms with Gasteiger partial charge in [0, 0.05) is 12.4 Å². The number of amidine groups is 1. The third-order valence-corrected chi connectivity index (χ3v) is 4.95. The summed E-state index contributed by atoms with van der Waals surface area (Å²) in [5, 5.41) is 20.4. The molecular formula is C16H15IN3O5S-. The Hall–Kier alpha value is -2.08. The second-order valence-corrected chi connectivity index (χ2v) is 7.31. The third kappa shape index (κ3) is 5.46. The first-order chi connectivity index (χ1) is 12.4. The lowest BCUT2D eigenvalue weighted by atomic mass is 10.2. The van der Waals surface area contributed by atoms with Crippen molar-refractivity contribution in [1.29, 1.82) is 0 Å². The van der Waals surface area contributed by atoms with E-state index >= 15 is 0 Å². The van der Waals surface area contributed by atoms with Crippen molar-refractivity contribution in [2.75, 3.05) is 13.7 Å². The van der Waals surface area contributed by atoms with Gasteiger partial charge in [-0.1, -0.05) is 24.4 Å². The molecule has 26 heavy (non-hydrogen) atoms. The van der Waals surface area contributed by atoms with Crippen LogP contribution in [0.25, 0.3) is 0 Å². The summed E-state index contributed by atoms with van der Waals surface area (Å²) in [7, 11) is 1.54. The Bertz CT molecular complexity index is 781. The van der Waals surface area contributed by atoms with Crippen LogP contribution in [-0.2, 0) is 9.59 Å². The van der Waals surface area contributed by atoms with Crippen molar-refractivity contribution in [1.82, 2.24) is 5.32 Å². The minimum atomic E-state index is -1.29. The maximum atomic E-state index is 11.6. The molecule has 1 aliphatic heterocycles. The first kappa shape index (κ1) is 20.2. The van der Waals surface area contributed by atoms with Gasteiger partial charge in [-0.25, -0.2) is 0 Å². The van der Waals surface area contributed by atoms with Gasteiger partial charge in [-0.15, -0.1) is 5.10 Å². The average Bonchev–Trinajstić information content (AvgIpc) is 2.92. The van der Waals surface area contributed by atoms with Crippen LogP contribution in [0.15, 0.2) is 35.0 Å². The number of amides is 1. The summed E-state index contributed by atoms with van der Waals surface area (Å²) in [5.74, 6) is -0.554. The van der Waals surface area contributed by atoms with Gasteiger partial charge in [-0.3, -0.25) is 4.79 Å². The smallest absolute Gasteiger partial charge is 0.239 e. The molecule has 1 aromatic rings.